The summed E-state index contributed by atoms with van der Waals surface area (Å²) in [6.45, 7) is 1.90. The van der Waals surface area contributed by atoms with Crippen LogP contribution in [-0.4, -0.2) is 15.8 Å². The lowest BCUT2D eigenvalue weighted by Gasteiger charge is -2.00. The average Bonchev–Trinajstić information content (AvgIpc) is 2.78. The summed E-state index contributed by atoms with van der Waals surface area (Å²) < 4.78 is 0. The number of H-pyrrole nitrogens is 1. The smallest absolute Gasteiger partial charge is 0.193 e. The molecule has 1 aromatic heterocycles. The van der Waals surface area contributed by atoms with E-state index < -0.39 is 0 Å². The van der Waals surface area contributed by atoms with Gasteiger partial charge in [0.2, 0.25) is 0 Å². The number of carbonyl (C=O) groups is 1. The highest BCUT2D eigenvalue weighted by atomic mass is 16.1. The van der Waals surface area contributed by atoms with Gasteiger partial charge in [-0.15, -0.1) is 0 Å². The molecule has 1 N–H and O–H groups in total. The number of aryl methyl sites for hydroxylation is 1. The zero-order valence-corrected chi connectivity index (χ0v) is 9.97. The van der Waals surface area contributed by atoms with E-state index in [1.54, 1.807) is 0 Å². The molecule has 0 aliphatic carbocycles. The molecule has 1 heterocycles. The van der Waals surface area contributed by atoms with Crippen LogP contribution in [0.2, 0.25) is 0 Å². The minimum atomic E-state index is 0.0261. The molecule has 3 heteroatoms. The number of ketones is 1. The van der Waals surface area contributed by atoms with Crippen LogP contribution in [0, 0.1) is 6.92 Å². The van der Waals surface area contributed by atoms with Gasteiger partial charge in [0.15, 0.2) is 5.78 Å². The number of imidazole rings is 1. The van der Waals surface area contributed by atoms with Gasteiger partial charge in [0, 0.05) is 11.1 Å². The van der Waals surface area contributed by atoms with Crippen molar-refractivity contribution in [3.05, 3.63) is 65.5 Å². The zero-order valence-electron chi connectivity index (χ0n) is 9.97. The molecule has 18 heavy (non-hydrogen) atoms. The number of carbonyl (C=O) groups excluding carboxylic acids is 1. The molecular formula is C15H12N2O. The lowest BCUT2D eigenvalue weighted by molar-refractivity contribution is 0.103. The van der Waals surface area contributed by atoms with E-state index in [-0.39, 0.29) is 5.78 Å². The third-order valence-corrected chi connectivity index (χ3v) is 2.90. The highest BCUT2D eigenvalue weighted by molar-refractivity contribution is 6.10. The lowest BCUT2D eigenvalue weighted by atomic mass is 10.0. The molecular weight excluding hydrogens is 224 g/mol. The number of hydrogen-bond acceptors (Lipinski definition) is 2. The number of benzene rings is 2. The van der Waals surface area contributed by atoms with Crippen molar-refractivity contribution in [2.75, 3.05) is 0 Å². The van der Waals surface area contributed by atoms with Gasteiger partial charge < -0.3 is 4.98 Å². The second-order valence-electron chi connectivity index (χ2n) is 4.25. The van der Waals surface area contributed by atoms with E-state index in [2.05, 4.69) is 9.97 Å². The first-order chi connectivity index (χ1) is 8.74. The first-order valence-corrected chi connectivity index (χ1v) is 5.80. The second kappa shape index (κ2) is 4.11. The fraction of sp³-hybridized carbons (Fsp3) is 0.0667. The molecule has 0 aliphatic heterocycles. The number of aromatic amines is 1. The maximum atomic E-state index is 12.3. The van der Waals surface area contributed by atoms with Crippen molar-refractivity contribution in [2.45, 2.75) is 6.92 Å². The number of fused-ring (bicyclic) bond motifs is 1. The maximum absolute atomic E-state index is 12.3. The van der Waals surface area contributed by atoms with E-state index in [0.29, 0.717) is 11.1 Å². The first-order valence-electron chi connectivity index (χ1n) is 5.80. The van der Waals surface area contributed by atoms with Crippen molar-refractivity contribution >= 4 is 16.8 Å². The molecule has 0 spiro atoms. The number of rotatable bonds is 2. The Balaban J connectivity index is 2.06. The second-order valence-corrected chi connectivity index (χ2v) is 4.25. The Morgan fingerprint density at radius 3 is 2.61 bits per heavy atom. The van der Waals surface area contributed by atoms with Gasteiger partial charge in [0.25, 0.3) is 0 Å². The van der Waals surface area contributed by atoms with Crippen LogP contribution in [0.25, 0.3) is 11.0 Å². The molecule has 0 saturated heterocycles. The Hall–Kier alpha value is -2.42. The van der Waals surface area contributed by atoms with Crippen LogP contribution in [0.4, 0.5) is 0 Å². The van der Waals surface area contributed by atoms with Gasteiger partial charge in [-0.3, -0.25) is 4.79 Å². The summed E-state index contributed by atoms with van der Waals surface area (Å²) in [5.74, 6) is 0.882. The fourth-order valence-corrected chi connectivity index (χ4v) is 2.03. The van der Waals surface area contributed by atoms with E-state index in [4.69, 9.17) is 0 Å². The van der Waals surface area contributed by atoms with Gasteiger partial charge in [-0.05, 0) is 25.1 Å². The highest BCUT2D eigenvalue weighted by Crippen LogP contribution is 2.16. The quantitative estimate of drug-likeness (QED) is 0.695. The summed E-state index contributed by atoms with van der Waals surface area (Å²) >= 11 is 0. The topological polar surface area (TPSA) is 45.8 Å². The van der Waals surface area contributed by atoms with E-state index in [9.17, 15) is 4.79 Å². The Morgan fingerprint density at radius 1 is 1.06 bits per heavy atom. The fourth-order valence-electron chi connectivity index (χ4n) is 2.03. The van der Waals surface area contributed by atoms with E-state index >= 15 is 0 Å². The maximum Gasteiger partial charge on any atom is 0.193 e. The van der Waals surface area contributed by atoms with Crippen LogP contribution in [0.3, 0.4) is 0 Å². The SMILES string of the molecule is Cc1nc2cc(C(=O)c3ccccc3)ccc2[nH]1. The summed E-state index contributed by atoms with van der Waals surface area (Å²) in [4.78, 5) is 19.7. The minimum absolute atomic E-state index is 0.0261. The Kier molecular flexibility index (Phi) is 2.45. The molecule has 0 saturated carbocycles. The van der Waals surface area contributed by atoms with Gasteiger partial charge in [-0.2, -0.15) is 0 Å². The van der Waals surface area contributed by atoms with Gasteiger partial charge >= 0.3 is 0 Å². The molecule has 3 nitrogen and oxygen atoms in total. The highest BCUT2D eigenvalue weighted by Gasteiger charge is 2.10. The number of nitrogens with one attached hydrogen (secondary N) is 1. The van der Waals surface area contributed by atoms with Crippen molar-refractivity contribution in [1.82, 2.24) is 9.97 Å². The molecule has 0 radical (unpaired) electrons. The van der Waals surface area contributed by atoms with Crippen molar-refractivity contribution in [3.8, 4) is 0 Å². The van der Waals surface area contributed by atoms with Crippen molar-refractivity contribution in [1.29, 1.82) is 0 Å². The molecule has 0 aliphatic rings. The van der Waals surface area contributed by atoms with Crippen LogP contribution in [0.15, 0.2) is 48.5 Å². The zero-order chi connectivity index (χ0) is 12.5. The molecule has 0 bridgehead atoms. The number of hydrogen-bond donors (Lipinski definition) is 1. The summed E-state index contributed by atoms with van der Waals surface area (Å²) in [5.41, 5.74) is 3.15. The van der Waals surface area contributed by atoms with Crippen LogP contribution < -0.4 is 0 Å². The monoisotopic (exact) mass is 236 g/mol. The van der Waals surface area contributed by atoms with Gasteiger partial charge in [0.1, 0.15) is 5.82 Å². The Labute approximate surface area is 104 Å². The summed E-state index contributed by atoms with van der Waals surface area (Å²) in [7, 11) is 0. The molecule has 0 unspecified atom stereocenters. The largest absolute Gasteiger partial charge is 0.342 e. The number of aromatic nitrogens is 2. The van der Waals surface area contributed by atoms with Gasteiger partial charge in [-0.1, -0.05) is 30.3 Å². The normalized spacial score (nSPS) is 10.7. The summed E-state index contributed by atoms with van der Waals surface area (Å²) in [6.07, 6.45) is 0. The molecule has 0 amide bonds. The van der Waals surface area contributed by atoms with Crippen LogP contribution in [0.1, 0.15) is 21.7 Å². The first kappa shape index (κ1) is 10.7. The van der Waals surface area contributed by atoms with E-state index in [1.807, 2.05) is 55.5 Å². The molecule has 0 atom stereocenters. The average molecular weight is 236 g/mol. The molecule has 0 fully saturated rings. The minimum Gasteiger partial charge on any atom is -0.342 e. The van der Waals surface area contributed by atoms with Crippen LogP contribution in [0.5, 0.6) is 0 Å². The number of nitrogens with zero attached hydrogens (tertiary/aromatic N) is 1. The Bertz CT molecular complexity index is 714. The third kappa shape index (κ3) is 1.80. The van der Waals surface area contributed by atoms with Gasteiger partial charge in [-0.25, -0.2) is 4.98 Å². The summed E-state index contributed by atoms with van der Waals surface area (Å²) in [5, 5.41) is 0. The molecule has 88 valence electrons. The van der Waals surface area contributed by atoms with Crippen LogP contribution >= 0.6 is 0 Å². The molecule has 2 aromatic carbocycles. The van der Waals surface area contributed by atoms with Crippen molar-refractivity contribution in [3.63, 3.8) is 0 Å². The summed E-state index contributed by atoms with van der Waals surface area (Å²) in [6, 6.07) is 14.8. The third-order valence-electron chi connectivity index (χ3n) is 2.90. The van der Waals surface area contributed by atoms with E-state index in [1.165, 1.54) is 0 Å². The Morgan fingerprint density at radius 2 is 1.83 bits per heavy atom. The lowest BCUT2D eigenvalue weighted by Crippen LogP contribution is -2.00. The molecule has 3 rings (SSSR count). The standard InChI is InChI=1S/C15H12N2O/c1-10-16-13-8-7-12(9-14(13)17-10)15(18)11-5-3-2-4-6-11/h2-9H,1H3,(H,16,17). The predicted octanol–water partition coefficient (Wildman–Crippen LogP) is 3.10. The van der Waals surface area contributed by atoms with Crippen molar-refractivity contribution < 1.29 is 4.79 Å². The van der Waals surface area contributed by atoms with E-state index in [0.717, 1.165) is 16.9 Å². The van der Waals surface area contributed by atoms with Crippen LogP contribution in [-0.2, 0) is 0 Å². The molecule has 3 aromatic rings. The van der Waals surface area contributed by atoms with Gasteiger partial charge in [0.05, 0.1) is 11.0 Å². The van der Waals surface area contributed by atoms with Crippen molar-refractivity contribution in [2.24, 2.45) is 0 Å². The predicted molar refractivity (Wildman–Crippen MR) is 70.7 cm³/mol.